The Kier molecular flexibility index (Phi) is 4.64. The summed E-state index contributed by atoms with van der Waals surface area (Å²) in [6.45, 7) is 0.569. The molecule has 2 aromatic rings. The van der Waals surface area contributed by atoms with Crippen molar-refractivity contribution < 1.29 is 18.3 Å². The molecule has 24 heavy (non-hydrogen) atoms. The second kappa shape index (κ2) is 6.86. The van der Waals surface area contributed by atoms with Crippen LogP contribution in [0.15, 0.2) is 42.5 Å². The number of methoxy groups -OCH3 is 1. The van der Waals surface area contributed by atoms with Crippen LogP contribution in [0.3, 0.4) is 0 Å². The highest BCUT2D eigenvalue weighted by Crippen LogP contribution is 2.33. The van der Waals surface area contributed by atoms with Gasteiger partial charge < -0.3 is 15.0 Å². The molecule has 126 valence electrons. The first-order chi connectivity index (χ1) is 11.6. The lowest BCUT2D eigenvalue weighted by Crippen LogP contribution is -2.34. The third kappa shape index (κ3) is 3.32. The fourth-order valence-electron chi connectivity index (χ4n) is 2.96. The molecule has 6 heteroatoms. The fourth-order valence-corrected chi connectivity index (χ4v) is 2.96. The molecule has 2 aromatic carbocycles. The lowest BCUT2D eigenvalue weighted by Gasteiger charge is -2.25. The van der Waals surface area contributed by atoms with Crippen molar-refractivity contribution in [2.75, 3.05) is 19.0 Å². The molecule has 1 atom stereocenters. The van der Waals surface area contributed by atoms with Gasteiger partial charge in [0.1, 0.15) is 17.4 Å². The number of amides is 2. The number of rotatable bonds is 3. The minimum absolute atomic E-state index is 0.0903. The van der Waals surface area contributed by atoms with Gasteiger partial charge in [0.05, 0.1) is 18.8 Å². The van der Waals surface area contributed by atoms with Gasteiger partial charge in [0.2, 0.25) is 0 Å². The van der Waals surface area contributed by atoms with Crippen LogP contribution in [-0.2, 0) is 0 Å². The van der Waals surface area contributed by atoms with Crippen molar-refractivity contribution >= 4 is 11.7 Å². The van der Waals surface area contributed by atoms with Crippen LogP contribution >= 0.6 is 0 Å². The van der Waals surface area contributed by atoms with Gasteiger partial charge in [0.25, 0.3) is 0 Å². The van der Waals surface area contributed by atoms with E-state index < -0.39 is 17.7 Å². The molecule has 0 spiro atoms. The van der Waals surface area contributed by atoms with Gasteiger partial charge in [-0.25, -0.2) is 13.6 Å². The second-order valence-electron chi connectivity index (χ2n) is 5.68. The Labute approximate surface area is 139 Å². The lowest BCUT2D eigenvalue weighted by atomic mass is 10.0. The van der Waals surface area contributed by atoms with Gasteiger partial charge in [0.15, 0.2) is 0 Å². The molecule has 0 aromatic heterocycles. The summed E-state index contributed by atoms with van der Waals surface area (Å²) in [6.07, 6.45) is 1.68. The number of nitrogens with zero attached hydrogens (tertiary/aromatic N) is 1. The number of carbonyl (C=O) groups excluding carboxylic acids is 1. The highest BCUT2D eigenvalue weighted by molar-refractivity contribution is 5.90. The van der Waals surface area contributed by atoms with E-state index in [0.29, 0.717) is 6.54 Å². The quantitative estimate of drug-likeness (QED) is 0.908. The Morgan fingerprint density at radius 3 is 2.67 bits per heavy atom. The summed E-state index contributed by atoms with van der Waals surface area (Å²) >= 11 is 0. The molecular weight excluding hydrogens is 314 g/mol. The lowest BCUT2D eigenvalue weighted by molar-refractivity contribution is 0.207. The molecular formula is C18H18F2N2O2. The molecule has 1 N–H and O–H groups in total. The Bertz CT molecular complexity index is 734. The van der Waals surface area contributed by atoms with Crippen LogP contribution in [0, 0.1) is 11.6 Å². The molecule has 2 amide bonds. The van der Waals surface area contributed by atoms with E-state index in [1.54, 1.807) is 12.0 Å². The fraction of sp³-hybridized carbons (Fsp3) is 0.278. The zero-order valence-corrected chi connectivity index (χ0v) is 13.3. The molecule has 0 saturated carbocycles. The highest BCUT2D eigenvalue weighted by Gasteiger charge is 2.30. The van der Waals surface area contributed by atoms with Crippen LogP contribution < -0.4 is 10.1 Å². The maximum atomic E-state index is 13.7. The molecule has 0 aliphatic carbocycles. The standard InChI is InChI=1S/C18H18F2N2O2/c1-24-14-7-4-12(5-8-14)17-3-2-10-22(17)18(23)21-16-11-13(19)6-9-15(16)20/h4-9,11,17H,2-3,10H2,1H3,(H,21,23). The number of hydrogen-bond donors (Lipinski definition) is 1. The third-order valence-corrected chi connectivity index (χ3v) is 4.18. The average Bonchev–Trinajstić information content (AvgIpc) is 3.08. The summed E-state index contributed by atoms with van der Waals surface area (Å²) in [7, 11) is 1.60. The number of benzene rings is 2. The molecule has 4 nitrogen and oxygen atoms in total. The summed E-state index contributed by atoms with van der Waals surface area (Å²) in [5.74, 6) is -0.514. The molecule has 0 radical (unpaired) electrons. The molecule has 1 aliphatic heterocycles. The number of hydrogen-bond acceptors (Lipinski definition) is 2. The zero-order valence-electron chi connectivity index (χ0n) is 13.3. The second-order valence-corrected chi connectivity index (χ2v) is 5.68. The third-order valence-electron chi connectivity index (χ3n) is 4.18. The largest absolute Gasteiger partial charge is 0.497 e. The monoisotopic (exact) mass is 332 g/mol. The molecule has 1 aliphatic rings. The van der Waals surface area contributed by atoms with Gasteiger partial charge in [-0.15, -0.1) is 0 Å². The predicted octanol–water partition coefficient (Wildman–Crippen LogP) is 4.34. The van der Waals surface area contributed by atoms with Gasteiger partial charge in [-0.05, 0) is 42.7 Å². The Morgan fingerprint density at radius 1 is 1.21 bits per heavy atom. The van der Waals surface area contributed by atoms with E-state index in [-0.39, 0.29) is 11.7 Å². The van der Waals surface area contributed by atoms with Crippen molar-refractivity contribution in [1.29, 1.82) is 0 Å². The smallest absolute Gasteiger partial charge is 0.322 e. The van der Waals surface area contributed by atoms with Gasteiger partial charge in [-0.1, -0.05) is 12.1 Å². The number of nitrogens with one attached hydrogen (secondary N) is 1. The van der Waals surface area contributed by atoms with Crippen molar-refractivity contribution in [3.05, 3.63) is 59.7 Å². The van der Waals surface area contributed by atoms with Crippen molar-refractivity contribution in [2.24, 2.45) is 0 Å². The van der Waals surface area contributed by atoms with Gasteiger partial charge >= 0.3 is 6.03 Å². The number of carbonyl (C=O) groups is 1. The normalized spacial score (nSPS) is 17.0. The number of ether oxygens (including phenoxy) is 1. The van der Waals surface area contributed by atoms with Crippen molar-refractivity contribution in [3.63, 3.8) is 0 Å². The molecule has 3 rings (SSSR count). The Hall–Kier alpha value is -2.63. The van der Waals surface area contributed by atoms with E-state index >= 15 is 0 Å². The summed E-state index contributed by atoms with van der Waals surface area (Å²) in [5, 5.41) is 2.46. The number of anilines is 1. The predicted molar refractivity (Wildman–Crippen MR) is 87.1 cm³/mol. The van der Waals surface area contributed by atoms with E-state index in [4.69, 9.17) is 4.74 Å². The van der Waals surface area contributed by atoms with E-state index in [1.165, 1.54) is 0 Å². The highest BCUT2D eigenvalue weighted by atomic mass is 19.1. The van der Waals surface area contributed by atoms with Gasteiger partial charge in [-0.2, -0.15) is 0 Å². The van der Waals surface area contributed by atoms with Crippen molar-refractivity contribution in [3.8, 4) is 5.75 Å². The van der Waals surface area contributed by atoms with E-state index in [1.807, 2.05) is 24.3 Å². The van der Waals surface area contributed by atoms with Crippen LogP contribution in [0.5, 0.6) is 5.75 Å². The minimum Gasteiger partial charge on any atom is -0.497 e. The minimum atomic E-state index is -0.662. The van der Waals surface area contributed by atoms with Crippen molar-refractivity contribution in [2.45, 2.75) is 18.9 Å². The number of halogens is 2. The summed E-state index contributed by atoms with van der Waals surface area (Å²) in [4.78, 5) is 14.1. The summed E-state index contributed by atoms with van der Waals surface area (Å²) in [6, 6.07) is 9.98. The van der Waals surface area contributed by atoms with Crippen LogP contribution in [0.4, 0.5) is 19.3 Å². The van der Waals surface area contributed by atoms with Crippen LogP contribution in [0.2, 0.25) is 0 Å². The molecule has 1 unspecified atom stereocenters. The zero-order chi connectivity index (χ0) is 17.1. The van der Waals surface area contributed by atoms with Crippen LogP contribution in [0.1, 0.15) is 24.4 Å². The maximum Gasteiger partial charge on any atom is 0.322 e. The molecule has 1 heterocycles. The van der Waals surface area contributed by atoms with Crippen LogP contribution in [-0.4, -0.2) is 24.6 Å². The van der Waals surface area contributed by atoms with E-state index in [0.717, 1.165) is 42.4 Å². The van der Waals surface area contributed by atoms with Crippen LogP contribution in [0.25, 0.3) is 0 Å². The molecule has 1 saturated heterocycles. The van der Waals surface area contributed by atoms with E-state index in [9.17, 15) is 13.6 Å². The molecule has 1 fully saturated rings. The number of urea groups is 1. The first-order valence-corrected chi connectivity index (χ1v) is 7.75. The average molecular weight is 332 g/mol. The van der Waals surface area contributed by atoms with Crippen molar-refractivity contribution in [1.82, 2.24) is 4.90 Å². The number of likely N-dealkylation sites (tertiary alicyclic amines) is 1. The first-order valence-electron chi connectivity index (χ1n) is 7.75. The molecule has 0 bridgehead atoms. The summed E-state index contributed by atoms with van der Waals surface area (Å²) < 4.78 is 32.1. The summed E-state index contributed by atoms with van der Waals surface area (Å²) in [5.41, 5.74) is 0.837. The SMILES string of the molecule is COc1ccc(C2CCCN2C(=O)Nc2cc(F)ccc2F)cc1. The van der Waals surface area contributed by atoms with E-state index in [2.05, 4.69) is 5.32 Å². The Balaban J connectivity index is 1.76. The topological polar surface area (TPSA) is 41.6 Å². The Morgan fingerprint density at radius 2 is 1.96 bits per heavy atom. The maximum absolute atomic E-state index is 13.7. The first kappa shape index (κ1) is 16.2. The van der Waals surface area contributed by atoms with Gasteiger partial charge in [-0.3, -0.25) is 0 Å². The van der Waals surface area contributed by atoms with Gasteiger partial charge in [0, 0.05) is 12.6 Å².